The molecule has 0 radical (unpaired) electrons. The van der Waals surface area contributed by atoms with Crippen LogP contribution in [0.25, 0.3) is 11.0 Å². The summed E-state index contributed by atoms with van der Waals surface area (Å²) in [5, 5.41) is 10.3. The lowest BCUT2D eigenvalue weighted by atomic mass is 10.2. The maximum Gasteiger partial charge on any atom is 0.321 e. The van der Waals surface area contributed by atoms with Crippen LogP contribution in [0.1, 0.15) is 21.7 Å². The second-order valence-corrected chi connectivity index (χ2v) is 7.69. The van der Waals surface area contributed by atoms with Crippen LogP contribution in [0.3, 0.4) is 0 Å². The Hall–Kier alpha value is -3.92. The number of nitrogens with one attached hydrogen (secondary N) is 3. The number of rotatable bonds is 7. The molecule has 4 rings (SSSR count). The predicted molar refractivity (Wildman–Crippen MR) is 120 cm³/mol. The number of urea groups is 1. The Labute approximate surface area is 186 Å². The van der Waals surface area contributed by atoms with E-state index in [0.717, 1.165) is 11.2 Å². The number of fused-ring (bicyclic) bond motifs is 1. The number of carbonyl (C=O) groups is 2. The van der Waals surface area contributed by atoms with E-state index in [0.29, 0.717) is 29.2 Å². The Bertz CT molecular complexity index is 1260. The average Bonchev–Trinajstić information content (AvgIpc) is 3.24. The summed E-state index contributed by atoms with van der Waals surface area (Å²) in [7, 11) is 0. The van der Waals surface area contributed by atoms with Crippen LogP contribution in [0.4, 0.5) is 14.3 Å². The minimum Gasteiger partial charge on any atom is -0.350 e. The monoisotopic (exact) mass is 450 g/mol. The van der Waals surface area contributed by atoms with Gasteiger partial charge in [-0.05, 0) is 29.8 Å². The molecule has 0 spiro atoms. The Kier molecular flexibility index (Phi) is 6.61. The number of amides is 3. The highest BCUT2D eigenvalue weighted by Crippen LogP contribution is 2.15. The third-order valence-corrected chi connectivity index (χ3v) is 5.27. The number of anilines is 1. The van der Waals surface area contributed by atoms with E-state index in [4.69, 9.17) is 0 Å². The van der Waals surface area contributed by atoms with E-state index in [1.165, 1.54) is 29.7 Å². The van der Waals surface area contributed by atoms with Crippen LogP contribution >= 0.6 is 11.3 Å². The standard InChI is InChI=1S/C22H19FN6O2S/c23-15-5-3-4-14(10-15)11-26-21(31)29-22-27-16(13-32-22)8-9-24-20(30)19-12-25-17-6-1-2-7-18(17)28-19/h1-7,10,12-13H,8-9,11H2,(H,24,30)(H2,26,27,29,31). The van der Waals surface area contributed by atoms with E-state index in [1.807, 2.05) is 23.6 Å². The van der Waals surface area contributed by atoms with Gasteiger partial charge in [0.1, 0.15) is 11.5 Å². The molecule has 0 fully saturated rings. The molecule has 3 amide bonds. The van der Waals surface area contributed by atoms with E-state index in [9.17, 15) is 14.0 Å². The molecule has 0 aliphatic carbocycles. The minimum absolute atomic E-state index is 0.200. The molecule has 8 nitrogen and oxygen atoms in total. The molecule has 0 aliphatic heterocycles. The average molecular weight is 450 g/mol. The molecule has 2 heterocycles. The lowest BCUT2D eigenvalue weighted by molar-refractivity contribution is 0.0949. The van der Waals surface area contributed by atoms with Crippen molar-refractivity contribution in [1.29, 1.82) is 0 Å². The normalized spacial score (nSPS) is 10.7. The van der Waals surface area contributed by atoms with Crippen molar-refractivity contribution in [2.24, 2.45) is 0 Å². The predicted octanol–water partition coefficient (Wildman–Crippen LogP) is 3.52. The van der Waals surface area contributed by atoms with Gasteiger partial charge in [0.15, 0.2) is 5.13 Å². The summed E-state index contributed by atoms with van der Waals surface area (Å²) < 4.78 is 13.2. The van der Waals surface area contributed by atoms with Crippen LogP contribution in [-0.4, -0.2) is 33.4 Å². The molecular formula is C22H19FN6O2S. The lowest BCUT2D eigenvalue weighted by Gasteiger charge is -2.06. The maximum absolute atomic E-state index is 13.2. The Morgan fingerprint density at radius 3 is 2.69 bits per heavy atom. The second kappa shape index (κ2) is 9.92. The number of aromatic nitrogens is 3. The van der Waals surface area contributed by atoms with Crippen molar-refractivity contribution in [2.45, 2.75) is 13.0 Å². The fourth-order valence-electron chi connectivity index (χ4n) is 2.91. The second-order valence-electron chi connectivity index (χ2n) is 6.83. The van der Waals surface area contributed by atoms with Gasteiger partial charge < -0.3 is 10.6 Å². The van der Waals surface area contributed by atoms with Gasteiger partial charge in [0, 0.05) is 24.9 Å². The van der Waals surface area contributed by atoms with Crippen molar-refractivity contribution in [3.05, 3.63) is 82.9 Å². The van der Waals surface area contributed by atoms with E-state index in [1.54, 1.807) is 18.2 Å². The number of halogens is 1. The number of nitrogens with zero attached hydrogens (tertiary/aromatic N) is 3. The number of hydrogen-bond acceptors (Lipinski definition) is 6. The van der Waals surface area contributed by atoms with Crippen LogP contribution in [0.5, 0.6) is 0 Å². The van der Waals surface area contributed by atoms with Gasteiger partial charge in [-0.25, -0.2) is 19.2 Å². The van der Waals surface area contributed by atoms with Crippen molar-refractivity contribution in [3.8, 4) is 0 Å². The first kappa shape index (κ1) is 21.3. The van der Waals surface area contributed by atoms with Gasteiger partial charge in [0.2, 0.25) is 0 Å². The van der Waals surface area contributed by atoms with Crippen LogP contribution in [0.15, 0.2) is 60.1 Å². The Balaban J connectivity index is 1.23. The van der Waals surface area contributed by atoms with Crippen LogP contribution < -0.4 is 16.0 Å². The fourth-order valence-corrected chi connectivity index (χ4v) is 3.65. The number of benzene rings is 2. The van der Waals surface area contributed by atoms with E-state index in [2.05, 4.69) is 30.9 Å². The van der Waals surface area contributed by atoms with Gasteiger partial charge >= 0.3 is 6.03 Å². The van der Waals surface area contributed by atoms with Crippen LogP contribution in [0.2, 0.25) is 0 Å². The Morgan fingerprint density at radius 2 is 1.84 bits per heavy atom. The van der Waals surface area contributed by atoms with Gasteiger partial charge in [0.25, 0.3) is 5.91 Å². The molecule has 0 unspecified atom stereocenters. The number of hydrogen-bond donors (Lipinski definition) is 3. The van der Waals surface area contributed by atoms with Gasteiger partial charge in [-0.1, -0.05) is 24.3 Å². The van der Waals surface area contributed by atoms with Crippen LogP contribution in [0, 0.1) is 5.82 Å². The summed E-state index contributed by atoms with van der Waals surface area (Å²) in [6.07, 6.45) is 1.95. The first-order chi connectivity index (χ1) is 15.6. The minimum atomic E-state index is -0.432. The maximum atomic E-state index is 13.2. The van der Waals surface area contributed by atoms with E-state index < -0.39 is 6.03 Å². The quantitative estimate of drug-likeness (QED) is 0.399. The topological polar surface area (TPSA) is 109 Å². The molecule has 0 saturated heterocycles. The van der Waals surface area contributed by atoms with E-state index >= 15 is 0 Å². The van der Waals surface area contributed by atoms with E-state index in [-0.39, 0.29) is 24.0 Å². The summed E-state index contributed by atoms with van der Waals surface area (Å²) in [5.74, 6) is -0.664. The zero-order chi connectivity index (χ0) is 22.3. The molecule has 4 aromatic rings. The molecule has 0 aliphatic rings. The van der Waals surface area contributed by atoms with Gasteiger partial charge in [-0.15, -0.1) is 11.3 Å². The molecule has 0 bridgehead atoms. The fraction of sp³-hybridized carbons (Fsp3) is 0.136. The van der Waals surface area contributed by atoms with Crippen molar-refractivity contribution < 1.29 is 14.0 Å². The molecule has 0 atom stereocenters. The third kappa shape index (κ3) is 5.61. The summed E-state index contributed by atoms with van der Waals surface area (Å²) in [5.41, 5.74) is 3.03. The number of carbonyl (C=O) groups excluding carboxylic acids is 2. The highest BCUT2D eigenvalue weighted by atomic mass is 32.1. The van der Waals surface area contributed by atoms with Crippen molar-refractivity contribution >= 4 is 39.4 Å². The zero-order valence-corrected chi connectivity index (χ0v) is 17.7. The van der Waals surface area contributed by atoms with Crippen LogP contribution in [-0.2, 0) is 13.0 Å². The first-order valence-corrected chi connectivity index (χ1v) is 10.7. The van der Waals surface area contributed by atoms with Gasteiger partial charge in [-0.3, -0.25) is 15.1 Å². The molecule has 10 heteroatoms. The first-order valence-electron chi connectivity index (χ1n) is 9.80. The molecule has 2 aromatic heterocycles. The Morgan fingerprint density at radius 1 is 1.00 bits per heavy atom. The molecule has 0 saturated carbocycles. The summed E-state index contributed by atoms with van der Waals surface area (Å²) >= 11 is 1.28. The third-order valence-electron chi connectivity index (χ3n) is 4.46. The highest BCUT2D eigenvalue weighted by molar-refractivity contribution is 7.13. The van der Waals surface area contributed by atoms with Gasteiger partial charge in [0.05, 0.1) is 22.9 Å². The SMILES string of the molecule is O=C(NCc1cccc(F)c1)Nc1nc(CCNC(=O)c2cnc3ccccc3n2)cs1. The highest BCUT2D eigenvalue weighted by Gasteiger charge is 2.10. The van der Waals surface area contributed by atoms with Gasteiger partial charge in [-0.2, -0.15) is 0 Å². The number of para-hydroxylation sites is 2. The lowest BCUT2D eigenvalue weighted by Crippen LogP contribution is -2.28. The molecule has 162 valence electrons. The molecule has 2 aromatic carbocycles. The molecular weight excluding hydrogens is 431 g/mol. The van der Waals surface area contributed by atoms with Crippen molar-refractivity contribution in [3.63, 3.8) is 0 Å². The molecule has 3 N–H and O–H groups in total. The smallest absolute Gasteiger partial charge is 0.321 e. The van der Waals surface area contributed by atoms with Crippen molar-refractivity contribution in [1.82, 2.24) is 25.6 Å². The summed E-state index contributed by atoms with van der Waals surface area (Å²) in [6, 6.07) is 12.9. The summed E-state index contributed by atoms with van der Waals surface area (Å²) in [4.78, 5) is 37.2. The van der Waals surface area contributed by atoms with Crippen molar-refractivity contribution in [2.75, 3.05) is 11.9 Å². The number of thiazole rings is 1. The molecule has 32 heavy (non-hydrogen) atoms. The largest absolute Gasteiger partial charge is 0.350 e. The zero-order valence-electron chi connectivity index (χ0n) is 16.8. The summed E-state index contributed by atoms with van der Waals surface area (Å²) in [6.45, 7) is 0.563.